The van der Waals surface area contributed by atoms with Crippen LogP contribution in [0.4, 0.5) is 19.1 Å². The average molecular weight is 490 g/mol. The Morgan fingerprint density at radius 2 is 1.97 bits per heavy atom. The van der Waals surface area contributed by atoms with Gasteiger partial charge in [0.25, 0.3) is 0 Å². The van der Waals surface area contributed by atoms with Crippen LogP contribution in [0.2, 0.25) is 0 Å². The van der Waals surface area contributed by atoms with Crippen molar-refractivity contribution in [1.29, 1.82) is 0 Å². The number of aromatic nitrogens is 3. The Balaban J connectivity index is 1.57. The fourth-order valence-corrected chi connectivity index (χ4v) is 5.48. The molecule has 0 aromatic carbocycles. The van der Waals surface area contributed by atoms with Gasteiger partial charge in [0.15, 0.2) is 0 Å². The topological polar surface area (TPSA) is 97.3 Å². The predicted octanol–water partition coefficient (Wildman–Crippen LogP) is 3.26. The lowest BCUT2D eigenvalue weighted by Gasteiger charge is -2.30. The zero-order valence-electron chi connectivity index (χ0n) is 17.2. The average Bonchev–Trinajstić information content (AvgIpc) is 3.24. The van der Waals surface area contributed by atoms with Gasteiger partial charge in [-0.25, -0.2) is 27.7 Å². The maximum atomic E-state index is 13.6. The molecule has 0 amide bonds. The van der Waals surface area contributed by atoms with E-state index in [9.17, 15) is 21.6 Å². The van der Waals surface area contributed by atoms with Crippen LogP contribution < -0.4 is 5.32 Å². The second-order valence-electron chi connectivity index (χ2n) is 7.62. The van der Waals surface area contributed by atoms with Gasteiger partial charge in [-0.15, -0.1) is 11.3 Å². The fourth-order valence-electron chi connectivity index (χ4n) is 3.61. The number of ether oxygens (including phenoxy) is 1. The minimum absolute atomic E-state index is 0.0750. The Labute approximate surface area is 187 Å². The first-order valence-electron chi connectivity index (χ1n) is 10.0. The number of nitrogens with zero attached hydrogens (tertiary/aromatic N) is 4. The predicted molar refractivity (Wildman–Crippen MR) is 115 cm³/mol. The lowest BCUT2D eigenvalue weighted by molar-refractivity contribution is -0.137. The zero-order valence-corrected chi connectivity index (χ0v) is 18.9. The zero-order chi connectivity index (χ0) is 22.9. The first-order chi connectivity index (χ1) is 15.1. The van der Waals surface area contributed by atoms with Gasteiger partial charge >= 0.3 is 6.18 Å². The summed E-state index contributed by atoms with van der Waals surface area (Å²) in [6.45, 7) is 1.67. The molecule has 0 aliphatic carbocycles. The molecule has 0 saturated carbocycles. The molecule has 0 bridgehead atoms. The van der Waals surface area contributed by atoms with E-state index in [1.807, 2.05) is 6.08 Å². The van der Waals surface area contributed by atoms with Gasteiger partial charge in [-0.2, -0.15) is 13.2 Å². The van der Waals surface area contributed by atoms with E-state index in [-0.39, 0.29) is 17.7 Å². The lowest BCUT2D eigenvalue weighted by Crippen LogP contribution is -2.42. The molecule has 0 unspecified atom stereocenters. The normalized spacial score (nSPS) is 19.1. The highest BCUT2D eigenvalue weighted by Gasteiger charge is 2.36. The highest BCUT2D eigenvalue weighted by atomic mass is 32.2. The van der Waals surface area contributed by atoms with Crippen molar-refractivity contribution < 1.29 is 26.3 Å². The van der Waals surface area contributed by atoms with Crippen LogP contribution in [0.1, 0.15) is 29.8 Å². The number of thiazole rings is 1. The molecule has 2 aliphatic heterocycles. The summed E-state index contributed by atoms with van der Waals surface area (Å²) in [5.41, 5.74) is -0.197. The Hall–Kier alpha value is -2.09. The maximum absolute atomic E-state index is 13.6. The molecule has 1 N–H and O–H groups in total. The van der Waals surface area contributed by atoms with Crippen LogP contribution in [0.5, 0.6) is 0 Å². The van der Waals surface area contributed by atoms with Crippen LogP contribution in [0.25, 0.3) is 16.1 Å². The molecule has 13 heteroatoms. The minimum atomic E-state index is -4.61. The standard InChI is InChI=1S/C19H22F3N5O3S2/c1-32(28,29)27-6-2-13(3-7-27)25-18-24-10-14(19(20,21)22)16(26-18)15-11-23-17(31-15)12-4-8-30-9-5-12/h4,10-11,13H,2-3,5-9H2,1H3,(H,24,25,26). The number of piperidine rings is 1. The molecule has 2 aromatic heterocycles. The molecule has 2 aliphatic rings. The van der Waals surface area contributed by atoms with E-state index in [0.717, 1.165) is 29.4 Å². The summed E-state index contributed by atoms with van der Waals surface area (Å²) in [6, 6.07) is -0.137. The number of nitrogens with one attached hydrogen (secondary N) is 1. The van der Waals surface area contributed by atoms with Crippen LogP contribution >= 0.6 is 11.3 Å². The van der Waals surface area contributed by atoms with Gasteiger partial charge < -0.3 is 10.1 Å². The van der Waals surface area contributed by atoms with Crippen molar-refractivity contribution in [2.45, 2.75) is 31.5 Å². The smallest absolute Gasteiger partial charge is 0.377 e. The van der Waals surface area contributed by atoms with E-state index in [2.05, 4.69) is 20.3 Å². The summed E-state index contributed by atoms with van der Waals surface area (Å²) in [5.74, 6) is 0.0750. The Kier molecular flexibility index (Phi) is 6.52. The Bertz CT molecular complexity index is 1110. The molecule has 1 fully saturated rings. The van der Waals surface area contributed by atoms with E-state index in [4.69, 9.17) is 4.74 Å². The molecule has 0 atom stereocenters. The highest BCUT2D eigenvalue weighted by Crippen LogP contribution is 2.39. The lowest BCUT2D eigenvalue weighted by atomic mass is 10.1. The van der Waals surface area contributed by atoms with Crippen molar-refractivity contribution in [3.05, 3.63) is 29.0 Å². The van der Waals surface area contributed by atoms with Crippen molar-refractivity contribution in [2.24, 2.45) is 0 Å². The van der Waals surface area contributed by atoms with Gasteiger partial charge in [0.05, 0.1) is 30.0 Å². The van der Waals surface area contributed by atoms with Crippen molar-refractivity contribution in [3.63, 3.8) is 0 Å². The summed E-state index contributed by atoms with van der Waals surface area (Å²) in [6.07, 6.45) is 2.28. The second-order valence-corrected chi connectivity index (χ2v) is 10.6. The van der Waals surface area contributed by atoms with E-state index in [0.29, 0.717) is 55.5 Å². The van der Waals surface area contributed by atoms with E-state index in [1.165, 1.54) is 10.5 Å². The molecule has 4 rings (SSSR count). The fraction of sp³-hybridized carbons (Fsp3) is 0.526. The molecule has 1 saturated heterocycles. The Morgan fingerprint density at radius 1 is 1.22 bits per heavy atom. The number of hydrogen-bond acceptors (Lipinski definition) is 8. The van der Waals surface area contributed by atoms with E-state index < -0.39 is 21.8 Å². The number of alkyl halides is 3. The van der Waals surface area contributed by atoms with Crippen LogP contribution in [-0.2, 0) is 20.9 Å². The SMILES string of the molecule is CS(=O)(=O)N1CCC(Nc2ncc(C(F)(F)F)c(-c3cnc(C4=CCOCC4)s3)n2)CC1. The largest absolute Gasteiger partial charge is 0.420 e. The molecule has 8 nitrogen and oxygen atoms in total. The first kappa shape index (κ1) is 23.1. The monoisotopic (exact) mass is 489 g/mol. The summed E-state index contributed by atoms with van der Waals surface area (Å²) < 4.78 is 70.9. The maximum Gasteiger partial charge on any atom is 0.420 e. The van der Waals surface area contributed by atoms with Crippen LogP contribution in [0.3, 0.4) is 0 Å². The molecular formula is C19H22F3N5O3S2. The van der Waals surface area contributed by atoms with Crippen LogP contribution in [0, 0.1) is 0 Å². The number of rotatable bonds is 5. The first-order valence-corrected chi connectivity index (χ1v) is 12.7. The van der Waals surface area contributed by atoms with E-state index in [1.54, 1.807) is 0 Å². The number of sulfonamides is 1. The number of halogens is 3. The van der Waals surface area contributed by atoms with Crippen molar-refractivity contribution in [3.8, 4) is 10.6 Å². The summed E-state index contributed by atoms with van der Waals surface area (Å²) in [5, 5.41) is 3.71. The summed E-state index contributed by atoms with van der Waals surface area (Å²) in [4.78, 5) is 12.7. The molecule has 0 spiro atoms. The third-order valence-electron chi connectivity index (χ3n) is 5.33. The quantitative estimate of drug-likeness (QED) is 0.689. The van der Waals surface area contributed by atoms with Crippen molar-refractivity contribution in [2.75, 3.05) is 37.9 Å². The highest BCUT2D eigenvalue weighted by molar-refractivity contribution is 7.88. The van der Waals surface area contributed by atoms with Crippen LogP contribution in [-0.4, -0.2) is 66.3 Å². The van der Waals surface area contributed by atoms with Gasteiger partial charge in [-0.05, 0) is 24.8 Å². The second kappa shape index (κ2) is 9.04. The van der Waals surface area contributed by atoms with Gasteiger partial charge in [-0.3, -0.25) is 0 Å². The van der Waals surface area contributed by atoms with E-state index >= 15 is 0 Å². The number of anilines is 1. The van der Waals surface area contributed by atoms with Gasteiger partial charge in [0, 0.05) is 31.5 Å². The van der Waals surface area contributed by atoms with Gasteiger partial charge in [0.2, 0.25) is 16.0 Å². The molecule has 32 heavy (non-hydrogen) atoms. The molecular weight excluding hydrogens is 467 g/mol. The summed E-state index contributed by atoms with van der Waals surface area (Å²) in [7, 11) is -3.26. The van der Waals surface area contributed by atoms with Crippen molar-refractivity contribution in [1.82, 2.24) is 19.3 Å². The van der Waals surface area contributed by atoms with Gasteiger partial charge in [0.1, 0.15) is 10.6 Å². The Morgan fingerprint density at radius 3 is 2.59 bits per heavy atom. The molecule has 4 heterocycles. The summed E-state index contributed by atoms with van der Waals surface area (Å²) >= 11 is 1.15. The van der Waals surface area contributed by atoms with Gasteiger partial charge in [-0.1, -0.05) is 6.08 Å². The minimum Gasteiger partial charge on any atom is -0.377 e. The molecule has 174 valence electrons. The molecule has 0 radical (unpaired) electrons. The third-order valence-corrected chi connectivity index (χ3v) is 7.71. The number of hydrogen-bond donors (Lipinski definition) is 1. The van der Waals surface area contributed by atoms with Crippen molar-refractivity contribution >= 4 is 32.9 Å². The molecule has 2 aromatic rings. The third kappa shape index (κ3) is 5.27. The van der Waals surface area contributed by atoms with Crippen LogP contribution in [0.15, 0.2) is 18.5 Å².